The van der Waals surface area contributed by atoms with Gasteiger partial charge in [0, 0.05) is 6.42 Å². The molecule has 2 aromatic heterocycles. The van der Waals surface area contributed by atoms with Gasteiger partial charge < -0.3 is 4.52 Å². The van der Waals surface area contributed by atoms with Gasteiger partial charge in [0.1, 0.15) is 11.5 Å². The standard InChI is InChI=1S/C17H16FN3O/c1-11-5-3-4-6-14(11)12(2)9-16-20-17(21-22-16)15-8-7-13(18)10-19-15/h3-8,10,12H,9H2,1-2H3. The zero-order valence-corrected chi connectivity index (χ0v) is 12.5. The Bertz CT molecular complexity index is 768. The highest BCUT2D eigenvalue weighted by atomic mass is 19.1. The van der Waals surface area contributed by atoms with Gasteiger partial charge in [0.15, 0.2) is 0 Å². The van der Waals surface area contributed by atoms with Crippen LogP contribution in [0.1, 0.15) is 29.9 Å². The molecule has 0 saturated carbocycles. The first-order chi connectivity index (χ1) is 10.6. The van der Waals surface area contributed by atoms with Crippen molar-refractivity contribution in [3.63, 3.8) is 0 Å². The van der Waals surface area contributed by atoms with Gasteiger partial charge in [0.25, 0.3) is 0 Å². The average molecular weight is 297 g/mol. The van der Waals surface area contributed by atoms with Crippen LogP contribution in [0.4, 0.5) is 4.39 Å². The van der Waals surface area contributed by atoms with E-state index in [1.54, 1.807) is 0 Å². The van der Waals surface area contributed by atoms with Gasteiger partial charge in [0.2, 0.25) is 11.7 Å². The summed E-state index contributed by atoms with van der Waals surface area (Å²) in [6.07, 6.45) is 1.79. The SMILES string of the molecule is Cc1ccccc1C(C)Cc1nc(-c2ccc(F)cn2)no1. The number of halogens is 1. The van der Waals surface area contributed by atoms with Gasteiger partial charge in [-0.1, -0.05) is 36.3 Å². The third kappa shape index (κ3) is 3.03. The number of nitrogens with zero attached hydrogens (tertiary/aromatic N) is 3. The van der Waals surface area contributed by atoms with E-state index in [0.29, 0.717) is 23.8 Å². The Labute approximate surface area is 128 Å². The summed E-state index contributed by atoms with van der Waals surface area (Å²) in [7, 11) is 0. The Morgan fingerprint density at radius 1 is 1.18 bits per heavy atom. The van der Waals surface area contributed by atoms with E-state index in [1.165, 1.54) is 23.3 Å². The quantitative estimate of drug-likeness (QED) is 0.732. The Hall–Kier alpha value is -2.56. The van der Waals surface area contributed by atoms with Crippen LogP contribution in [0.25, 0.3) is 11.5 Å². The maximum atomic E-state index is 12.9. The van der Waals surface area contributed by atoms with E-state index in [4.69, 9.17) is 4.52 Å². The van der Waals surface area contributed by atoms with E-state index in [0.717, 1.165) is 6.20 Å². The van der Waals surface area contributed by atoms with Crippen molar-refractivity contribution >= 4 is 0 Å². The molecule has 0 aliphatic heterocycles. The molecule has 0 fully saturated rings. The fraction of sp³-hybridized carbons (Fsp3) is 0.235. The van der Waals surface area contributed by atoms with Crippen molar-refractivity contribution < 1.29 is 8.91 Å². The molecule has 0 aliphatic rings. The molecule has 3 aromatic rings. The number of aromatic nitrogens is 3. The molecule has 0 bridgehead atoms. The van der Waals surface area contributed by atoms with E-state index in [1.807, 2.05) is 12.1 Å². The first-order valence-corrected chi connectivity index (χ1v) is 7.13. The monoisotopic (exact) mass is 297 g/mol. The molecule has 0 saturated heterocycles. The van der Waals surface area contributed by atoms with E-state index in [9.17, 15) is 4.39 Å². The van der Waals surface area contributed by atoms with Gasteiger partial charge in [-0.05, 0) is 36.1 Å². The Morgan fingerprint density at radius 2 is 2.00 bits per heavy atom. The van der Waals surface area contributed by atoms with Gasteiger partial charge in [-0.25, -0.2) is 9.37 Å². The highest BCUT2D eigenvalue weighted by Crippen LogP contribution is 2.23. The second-order valence-electron chi connectivity index (χ2n) is 5.34. The average Bonchev–Trinajstić information content (AvgIpc) is 2.97. The number of benzene rings is 1. The van der Waals surface area contributed by atoms with Gasteiger partial charge in [0.05, 0.1) is 6.20 Å². The largest absolute Gasteiger partial charge is 0.339 e. The van der Waals surface area contributed by atoms with Crippen LogP contribution < -0.4 is 0 Å². The molecule has 0 N–H and O–H groups in total. The molecule has 0 aliphatic carbocycles. The van der Waals surface area contributed by atoms with Crippen molar-refractivity contribution in [3.05, 3.63) is 65.4 Å². The molecule has 22 heavy (non-hydrogen) atoms. The lowest BCUT2D eigenvalue weighted by Gasteiger charge is -2.11. The minimum absolute atomic E-state index is 0.274. The number of aryl methyl sites for hydroxylation is 1. The minimum Gasteiger partial charge on any atom is -0.339 e. The molecule has 3 rings (SSSR count). The second kappa shape index (κ2) is 6.05. The van der Waals surface area contributed by atoms with E-state index >= 15 is 0 Å². The lowest BCUT2D eigenvalue weighted by atomic mass is 9.94. The van der Waals surface area contributed by atoms with Gasteiger partial charge in [-0.15, -0.1) is 0 Å². The fourth-order valence-corrected chi connectivity index (χ4v) is 2.46. The molecule has 1 aromatic carbocycles. The number of hydrogen-bond acceptors (Lipinski definition) is 4. The lowest BCUT2D eigenvalue weighted by Crippen LogP contribution is -2.01. The molecule has 1 unspecified atom stereocenters. The molecule has 4 nitrogen and oxygen atoms in total. The van der Waals surface area contributed by atoms with Gasteiger partial charge >= 0.3 is 0 Å². The molecule has 5 heteroatoms. The molecule has 1 atom stereocenters. The van der Waals surface area contributed by atoms with Crippen molar-refractivity contribution in [2.45, 2.75) is 26.2 Å². The van der Waals surface area contributed by atoms with Crippen LogP contribution in [-0.4, -0.2) is 15.1 Å². The first kappa shape index (κ1) is 14.4. The molecule has 0 radical (unpaired) electrons. The van der Waals surface area contributed by atoms with Crippen molar-refractivity contribution in [2.24, 2.45) is 0 Å². The maximum absolute atomic E-state index is 12.9. The Kier molecular flexibility index (Phi) is 3.96. The molecular formula is C17H16FN3O. The summed E-state index contributed by atoms with van der Waals surface area (Å²) in [4.78, 5) is 8.30. The van der Waals surface area contributed by atoms with Gasteiger partial charge in [-0.3, -0.25) is 0 Å². The predicted molar refractivity (Wildman–Crippen MR) is 80.8 cm³/mol. The third-order valence-electron chi connectivity index (χ3n) is 3.62. The lowest BCUT2D eigenvalue weighted by molar-refractivity contribution is 0.371. The number of rotatable bonds is 4. The van der Waals surface area contributed by atoms with Crippen LogP contribution in [0.15, 0.2) is 47.1 Å². The normalized spacial score (nSPS) is 12.3. The number of pyridine rings is 1. The van der Waals surface area contributed by atoms with Crippen LogP contribution >= 0.6 is 0 Å². The first-order valence-electron chi connectivity index (χ1n) is 7.13. The van der Waals surface area contributed by atoms with Crippen LogP contribution in [0.3, 0.4) is 0 Å². The summed E-state index contributed by atoms with van der Waals surface area (Å²) in [5.41, 5.74) is 3.01. The Balaban J connectivity index is 1.77. The van der Waals surface area contributed by atoms with Crippen molar-refractivity contribution in [3.8, 4) is 11.5 Å². The molecule has 112 valence electrons. The zero-order chi connectivity index (χ0) is 15.5. The highest BCUT2D eigenvalue weighted by molar-refractivity contribution is 5.47. The van der Waals surface area contributed by atoms with Gasteiger partial charge in [-0.2, -0.15) is 4.98 Å². The highest BCUT2D eigenvalue weighted by Gasteiger charge is 2.15. The maximum Gasteiger partial charge on any atom is 0.227 e. The van der Waals surface area contributed by atoms with Crippen molar-refractivity contribution in [2.75, 3.05) is 0 Å². The second-order valence-corrected chi connectivity index (χ2v) is 5.34. The van der Waals surface area contributed by atoms with Crippen molar-refractivity contribution in [1.82, 2.24) is 15.1 Å². The smallest absolute Gasteiger partial charge is 0.227 e. The van der Waals surface area contributed by atoms with E-state index in [-0.39, 0.29) is 11.7 Å². The summed E-state index contributed by atoms with van der Waals surface area (Å²) in [5.74, 6) is 0.820. The van der Waals surface area contributed by atoms with Crippen LogP contribution in [0, 0.1) is 12.7 Å². The van der Waals surface area contributed by atoms with E-state index < -0.39 is 0 Å². The summed E-state index contributed by atoms with van der Waals surface area (Å²) >= 11 is 0. The van der Waals surface area contributed by atoms with E-state index in [2.05, 4.69) is 41.1 Å². The zero-order valence-electron chi connectivity index (χ0n) is 12.5. The van der Waals surface area contributed by atoms with Crippen LogP contribution in [0.2, 0.25) is 0 Å². The third-order valence-corrected chi connectivity index (χ3v) is 3.62. The molecule has 0 spiro atoms. The number of hydrogen-bond donors (Lipinski definition) is 0. The summed E-state index contributed by atoms with van der Waals surface area (Å²) < 4.78 is 18.2. The summed E-state index contributed by atoms with van der Waals surface area (Å²) in [5, 5.41) is 3.91. The summed E-state index contributed by atoms with van der Waals surface area (Å²) in [6, 6.07) is 11.1. The minimum atomic E-state index is -0.388. The van der Waals surface area contributed by atoms with Crippen LogP contribution in [-0.2, 0) is 6.42 Å². The molecule has 0 amide bonds. The fourth-order valence-electron chi connectivity index (χ4n) is 2.46. The Morgan fingerprint density at radius 3 is 2.73 bits per heavy atom. The topological polar surface area (TPSA) is 51.8 Å². The van der Waals surface area contributed by atoms with Crippen LogP contribution in [0.5, 0.6) is 0 Å². The molecule has 2 heterocycles. The van der Waals surface area contributed by atoms with Crippen molar-refractivity contribution in [1.29, 1.82) is 0 Å². The summed E-state index contributed by atoms with van der Waals surface area (Å²) in [6.45, 7) is 4.22. The molecular weight excluding hydrogens is 281 g/mol. The predicted octanol–water partition coefficient (Wildman–Crippen LogP) is 3.93.